The molecule has 21 heavy (non-hydrogen) atoms. The Balaban J connectivity index is 2.19. The van der Waals surface area contributed by atoms with E-state index in [4.69, 9.17) is 0 Å². The minimum absolute atomic E-state index is 0.135. The molecule has 1 aliphatic rings. The summed E-state index contributed by atoms with van der Waals surface area (Å²) in [5.41, 5.74) is 2.95. The number of carbonyl (C=O) groups excluding carboxylic acids is 2. The maximum Gasteiger partial charge on any atom is 0.227 e. The summed E-state index contributed by atoms with van der Waals surface area (Å²) in [6, 6.07) is 5.73. The molecule has 3 nitrogen and oxygen atoms in total. The number of hydrogen-bond donors (Lipinski definition) is 0. The molecule has 1 atom stereocenters. The summed E-state index contributed by atoms with van der Waals surface area (Å²) in [5, 5.41) is 0. The lowest BCUT2D eigenvalue weighted by molar-refractivity contribution is -0.118. The van der Waals surface area contributed by atoms with Gasteiger partial charge in [-0.05, 0) is 41.5 Å². The number of amides is 1. The van der Waals surface area contributed by atoms with Gasteiger partial charge in [-0.15, -0.1) is 0 Å². The third kappa shape index (κ3) is 3.34. The van der Waals surface area contributed by atoms with Gasteiger partial charge in [0.15, 0.2) is 5.78 Å². The Morgan fingerprint density at radius 3 is 2.57 bits per heavy atom. The molecule has 1 aromatic carbocycles. The van der Waals surface area contributed by atoms with Crippen LogP contribution in [0.3, 0.4) is 0 Å². The summed E-state index contributed by atoms with van der Waals surface area (Å²) in [6.07, 6.45) is 1.82. The molecule has 0 spiro atoms. The Labute approximate surface area is 127 Å². The van der Waals surface area contributed by atoms with Crippen molar-refractivity contribution >= 4 is 17.4 Å². The zero-order valence-electron chi connectivity index (χ0n) is 13.7. The average molecular weight is 287 g/mol. The van der Waals surface area contributed by atoms with Crippen LogP contribution in [0.4, 0.5) is 5.69 Å². The van der Waals surface area contributed by atoms with Crippen molar-refractivity contribution in [3.63, 3.8) is 0 Å². The third-order valence-electron chi connectivity index (χ3n) is 4.72. The molecule has 1 amide bonds. The van der Waals surface area contributed by atoms with Crippen molar-refractivity contribution in [3.8, 4) is 0 Å². The normalized spacial score (nSPS) is 16.6. The molecule has 114 valence electrons. The number of ketones is 1. The predicted octanol–water partition coefficient (Wildman–Crippen LogP) is 3.85. The van der Waals surface area contributed by atoms with Crippen molar-refractivity contribution in [2.75, 3.05) is 11.9 Å². The van der Waals surface area contributed by atoms with Gasteiger partial charge in [0.2, 0.25) is 5.91 Å². The van der Waals surface area contributed by atoms with E-state index < -0.39 is 0 Å². The number of anilines is 1. The highest BCUT2D eigenvalue weighted by molar-refractivity contribution is 5.99. The number of nitrogens with zero attached hydrogens (tertiary/aromatic N) is 1. The molecule has 0 fully saturated rings. The van der Waals surface area contributed by atoms with E-state index >= 15 is 0 Å². The van der Waals surface area contributed by atoms with Gasteiger partial charge in [-0.2, -0.15) is 0 Å². The van der Waals surface area contributed by atoms with Gasteiger partial charge in [-0.25, -0.2) is 0 Å². The second-order valence-electron chi connectivity index (χ2n) is 7.19. The average Bonchev–Trinajstić information content (AvgIpc) is 2.41. The second kappa shape index (κ2) is 5.63. The van der Waals surface area contributed by atoms with Gasteiger partial charge >= 0.3 is 0 Å². The smallest absolute Gasteiger partial charge is 0.227 e. The molecule has 2 rings (SSSR count). The Morgan fingerprint density at radius 1 is 1.29 bits per heavy atom. The Morgan fingerprint density at radius 2 is 1.95 bits per heavy atom. The predicted molar refractivity (Wildman–Crippen MR) is 85.7 cm³/mol. The number of benzene rings is 1. The summed E-state index contributed by atoms with van der Waals surface area (Å²) < 4.78 is 0. The van der Waals surface area contributed by atoms with Gasteiger partial charge in [-0.1, -0.05) is 27.7 Å². The van der Waals surface area contributed by atoms with Crippen molar-refractivity contribution in [2.24, 2.45) is 11.3 Å². The van der Waals surface area contributed by atoms with Gasteiger partial charge in [0.1, 0.15) is 0 Å². The monoisotopic (exact) mass is 287 g/mol. The SMILES string of the molecule is CC(CC(=O)c1ccc2c(c1)CCC(=O)N2C)C(C)(C)C. The summed E-state index contributed by atoms with van der Waals surface area (Å²) >= 11 is 0. The molecule has 0 radical (unpaired) electrons. The van der Waals surface area contributed by atoms with Crippen LogP contribution in [0.5, 0.6) is 0 Å². The number of hydrogen-bond acceptors (Lipinski definition) is 2. The van der Waals surface area contributed by atoms with Crippen LogP contribution in [0, 0.1) is 11.3 Å². The summed E-state index contributed by atoms with van der Waals surface area (Å²) in [4.78, 5) is 25.8. The fourth-order valence-electron chi connectivity index (χ4n) is 2.53. The molecule has 0 saturated heterocycles. The molecule has 1 unspecified atom stereocenters. The van der Waals surface area contributed by atoms with E-state index in [1.807, 2.05) is 18.2 Å². The van der Waals surface area contributed by atoms with Crippen LogP contribution < -0.4 is 4.90 Å². The topological polar surface area (TPSA) is 37.4 Å². The fourth-order valence-corrected chi connectivity index (χ4v) is 2.53. The quantitative estimate of drug-likeness (QED) is 0.792. The van der Waals surface area contributed by atoms with Crippen LogP contribution >= 0.6 is 0 Å². The minimum atomic E-state index is 0.135. The van der Waals surface area contributed by atoms with Crippen LogP contribution in [0.1, 0.15) is 56.5 Å². The molecule has 0 aliphatic carbocycles. The van der Waals surface area contributed by atoms with Crippen molar-refractivity contribution in [2.45, 2.75) is 47.0 Å². The van der Waals surface area contributed by atoms with Gasteiger partial charge < -0.3 is 4.90 Å². The molecule has 0 aromatic heterocycles. The molecule has 0 saturated carbocycles. The molecule has 0 bridgehead atoms. The number of rotatable bonds is 3. The first kappa shape index (κ1) is 15.7. The first-order valence-corrected chi connectivity index (χ1v) is 7.63. The minimum Gasteiger partial charge on any atom is -0.315 e. The van der Waals surface area contributed by atoms with E-state index in [-0.39, 0.29) is 17.1 Å². The first-order valence-electron chi connectivity index (χ1n) is 7.63. The van der Waals surface area contributed by atoms with Crippen LogP contribution in [0.25, 0.3) is 0 Å². The van der Waals surface area contributed by atoms with E-state index in [0.717, 1.165) is 23.2 Å². The van der Waals surface area contributed by atoms with E-state index in [1.165, 1.54) is 0 Å². The van der Waals surface area contributed by atoms with Crippen molar-refractivity contribution < 1.29 is 9.59 Å². The van der Waals surface area contributed by atoms with E-state index in [9.17, 15) is 9.59 Å². The van der Waals surface area contributed by atoms with E-state index in [2.05, 4.69) is 27.7 Å². The van der Waals surface area contributed by atoms with Crippen LogP contribution in [0.2, 0.25) is 0 Å². The zero-order valence-corrected chi connectivity index (χ0v) is 13.7. The Hall–Kier alpha value is -1.64. The van der Waals surface area contributed by atoms with Crippen LogP contribution in [-0.4, -0.2) is 18.7 Å². The molecule has 1 aliphatic heterocycles. The number of carbonyl (C=O) groups is 2. The van der Waals surface area contributed by atoms with Crippen molar-refractivity contribution in [1.82, 2.24) is 0 Å². The molecule has 1 aromatic rings. The van der Waals surface area contributed by atoms with Crippen LogP contribution in [0.15, 0.2) is 18.2 Å². The van der Waals surface area contributed by atoms with E-state index in [0.29, 0.717) is 18.8 Å². The Kier molecular flexibility index (Phi) is 4.22. The number of Topliss-reactive ketones (excluding diaryl/α,β-unsaturated/α-hetero) is 1. The molecule has 0 N–H and O–H groups in total. The molecular weight excluding hydrogens is 262 g/mol. The van der Waals surface area contributed by atoms with Gasteiger partial charge in [0.25, 0.3) is 0 Å². The molecular formula is C18H25NO2. The lowest BCUT2D eigenvalue weighted by Gasteiger charge is -2.27. The van der Waals surface area contributed by atoms with E-state index in [1.54, 1.807) is 11.9 Å². The number of fused-ring (bicyclic) bond motifs is 1. The highest BCUT2D eigenvalue weighted by Gasteiger charge is 2.25. The number of aryl methyl sites for hydroxylation is 1. The van der Waals surface area contributed by atoms with Gasteiger partial charge in [-0.3, -0.25) is 9.59 Å². The summed E-state index contributed by atoms with van der Waals surface area (Å²) in [5.74, 6) is 0.674. The maximum absolute atomic E-state index is 12.5. The summed E-state index contributed by atoms with van der Waals surface area (Å²) in [7, 11) is 1.80. The summed E-state index contributed by atoms with van der Waals surface area (Å²) in [6.45, 7) is 8.62. The standard InChI is InChI=1S/C18H25NO2/c1-12(18(2,3)4)10-16(20)14-6-8-15-13(11-14)7-9-17(21)19(15)5/h6,8,11-12H,7,9-10H2,1-5H3. The highest BCUT2D eigenvalue weighted by Crippen LogP contribution is 2.31. The molecule has 1 heterocycles. The van der Waals surface area contributed by atoms with Crippen molar-refractivity contribution in [3.05, 3.63) is 29.3 Å². The zero-order chi connectivity index (χ0) is 15.8. The van der Waals surface area contributed by atoms with Gasteiger partial charge in [0, 0.05) is 31.1 Å². The Bertz CT molecular complexity index is 569. The first-order chi connectivity index (χ1) is 9.70. The van der Waals surface area contributed by atoms with Gasteiger partial charge in [0.05, 0.1) is 0 Å². The second-order valence-corrected chi connectivity index (χ2v) is 7.19. The third-order valence-corrected chi connectivity index (χ3v) is 4.72. The molecule has 3 heteroatoms. The largest absolute Gasteiger partial charge is 0.315 e. The highest BCUT2D eigenvalue weighted by atomic mass is 16.2. The lowest BCUT2D eigenvalue weighted by atomic mass is 9.78. The maximum atomic E-state index is 12.5. The van der Waals surface area contributed by atoms with Crippen LogP contribution in [-0.2, 0) is 11.2 Å². The fraction of sp³-hybridized carbons (Fsp3) is 0.556. The lowest BCUT2D eigenvalue weighted by Crippen LogP contribution is -2.31. The van der Waals surface area contributed by atoms with Crippen molar-refractivity contribution in [1.29, 1.82) is 0 Å².